The molecule has 45 heavy (non-hydrogen) atoms. The summed E-state index contributed by atoms with van der Waals surface area (Å²) in [4.78, 5) is 0. The van der Waals surface area contributed by atoms with Crippen molar-refractivity contribution in [2.75, 3.05) is 0 Å². The standard InChI is InChI=1S/C20H30F2O.C19H28F2O/c1-2-3-4-5-16-6-8-17(9-7-16)10-11-18-12-14-19(15-13-18)23-20(21)22;1-2-3-4-15-5-7-16(8-6-15)9-10-17-11-13-18(14-12-17)22-19(20)21/h12-17,20H,2-11H2,1H3;11-16,19H,2-10H2,1H3. The van der Waals surface area contributed by atoms with E-state index < -0.39 is 13.2 Å². The maximum atomic E-state index is 12.1. The molecule has 0 atom stereocenters. The van der Waals surface area contributed by atoms with Gasteiger partial charge in [-0.2, -0.15) is 17.6 Å². The Morgan fingerprint density at radius 3 is 1.16 bits per heavy atom. The third-order valence-corrected chi connectivity index (χ3v) is 10.1. The van der Waals surface area contributed by atoms with Crippen molar-refractivity contribution in [2.45, 2.75) is 149 Å². The summed E-state index contributed by atoms with van der Waals surface area (Å²) in [5.41, 5.74) is 2.44. The van der Waals surface area contributed by atoms with Gasteiger partial charge >= 0.3 is 13.2 Å². The van der Waals surface area contributed by atoms with Crippen molar-refractivity contribution in [2.24, 2.45) is 23.7 Å². The van der Waals surface area contributed by atoms with Gasteiger partial charge in [0.25, 0.3) is 0 Å². The number of hydrogen-bond acceptors (Lipinski definition) is 2. The van der Waals surface area contributed by atoms with E-state index in [-0.39, 0.29) is 11.5 Å². The number of ether oxygens (including phenoxy) is 2. The van der Waals surface area contributed by atoms with Gasteiger partial charge in [-0.05, 0) is 84.7 Å². The van der Waals surface area contributed by atoms with Crippen molar-refractivity contribution >= 4 is 0 Å². The zero-order valence-corrected chi connectivity index (χ0v) is 27.8. The fourth-order valence-electron chi connectivity index (χ4n) is 7.21. The molecule has 2 aliphatic rings. The van der Waals surface area contributed by atoms with Gasteiger partial charge in [-0.3, -0.25) is 0 Å². The predicted molar refractivity (Wildman–Crippen MR) is 177 cm³/mol. The minimum Gasteiger partial charge on any atom is -0.435 e. The second-order valence-corrected chi connectivity index (χ2v) is 13.5. The molecular weight excluding hydrogens is 576 g/mol. The van der Waals surface area contributed by atoms with Crippen molar-refractivity contribution in [3.05, 3.63) is 59.7 Å². The molecule has 254 valence electrons. The van der Waals surface area contributed by atoms with Crippen LogP contribution in [0.15, 0.2) is 48.5 Å². The minimum atomic E-state index is -2.74. The number of halogens is 4. The van der Waals surface area contributed by atoms with Crippen molar-refractivity contribution < 1.29 is 27.0 Å². The van der Waals surface area contributed by atoms with Crippen molar-refractivity contribution in [1.29, 1.82) is 0 Å². The molecule has 2 aromatic rings. The van der Waals surface area contributed by atoms with Gasteiger partial charge in [0.1, 0.15) is 11.5 Å². The highest BCUT2D eigenvalue weighted by Crippen LogP contribution is 2.35. The van der Waals surface area contributed by atoms with Crippen LogP contribution in [0.3, 0.4) is 0 Å². The van der Waals surface area contributed by atoms with Crippen LogP contribution in [-0.4, -0.2) is 13.2 Å². The van der Waals surface area contributed by atoms with Gasteiger partial charge in [-0.1, -0.05) is 134 Å². The molecule has 6 heteroatoms. The molecule has 0 bridgehead atoms. The van der Waals surface area contributed by atoms with E-state index in [9.17, 15) is 17.6 Å². The van der Waals surface area contributed by atoms with Crippen molar-refractivity contribution in [1.82, 2.24) is 0 Å². The lowest BCUT2D eigenvalue weighted by molar-refractivity contribution is -0.0505. The topological polar surface area (TPSA) is 18.5 Å². The van der Waals surface area contributed by atoms with E-state index in [4.69, 9.17) is 0 Å². The Kier molecular flexibility index (Phi) is 17.8. The first kappa shape index (κ1) is 37.2. The predicted octanol–water partition coefficient (Wildman–Crippen LogP) is 12.8. The van der Waals surface area contributed by atoms with E-state index in [1.165, 1.54) is 120 Å². The summed E-state index contributed by atoms with van der Waals surface area (Å²) in [5, 5.41) is 0. The lowest BCUT2D eigenvalue weighted by Gasteiger charge is -2.28. The summed E-state index contributed by atoms with van der Waals surface area (Å²) in [5.74, 6) is 4.10. The molecule has 0 aliphatic heterocycles. The third-order valence-electron chi connectivity index (χ3n) is 10.1. The van der Waals surface area contributed by atoms with Crippen LogP contribution in [-0.2, 0) is 12.8 Å². The van der Waals surface area contributed by atoms with E-state index in [2.05, 4.69) is 23.3 Å². The molecule has 2 aromatic carbocycles. The molecule has 0 aromatic heterocycles. The zero-order chi connectivity index (χ0) is 32.3. The van der Waals surface area contributed by atoms with Crippen molar-refractivity contribution in [3.8, 4) is 11.5 Å². The number of unbranched alkanes of at least 4 members (excludes halogenated alkanes) is 3. The Bertz CT molecular complexity index is 995. The fourth-order valence-corrected chi connectivity index (χ4v) is 7.21. The Balaban J connectivity index is 0.000000246. The van der Waals surface area contributed by atoms with Crippen LogP contribution in [0.25, 0.3) is 0 Å². The lowest BCUT2D eigenvalue weighted by Crippen LogP contribution is -2.15. The van der Waals surface area contributed by atoms with E-state index in [1.807, 2.05) is 24.3 Å². The van der Waals surface area contributed by atoms with E-state index in [0.717, 1.165) is 36.5 Å². The quantitative estimate of drug-likeness (QED) is 0.127. The monoisotopic (exact) mass is 634 g/mol. The molecule has 4 rings (SSSR count). The first-order valence-corrected chi connectivity index (χ1v) is 17.9. The molecule has 2 aliphatic carbocycles. The van der Waals surface area contributed by atoms with E-state index >= 15 is 0 Å². The van der Waals surface area contributed by atoms with Gasteiger partial charge in [-0.15, -0.1) is 0 Å². The molecule has 0 amide bonds. The third kappa shape index (κ3) is 15.7. The second-order valence-electron chi connectivity index (χ2n) is 13.5. The average Bonchev–Trinajstić information content (AvgIpc) is 3.04. The molecule has 0 spiro atoms. The summed E-state index contributed by atoms with van der Waals surface area (Å²) < 4.78 is 57.2. The Morgan fingerprint density at radius 1 is 0.489 bits per heavy atom. The highest BCUT2D eigenvalue weighted by Gasteiger charge is 2.21. The van der Waals surface area contributed by atoms with Crippen LogP contribution in [0.1, 0.15) is 134 Å². The lowest BCUT2D eigenvalue weighted by atomic mass is 9.78. The maximum absolute atomic E-state index is 12.1. The van der Waals surface area contributed by atoms with Crippen molar-refractivity contribution in [3.63, 3.8) is 0 Å². The Hall–Kier alpha value is -2.24. The molecule has 2 saturated carbocycles. The van der Waals surface area contributed by atoms with Crippen LogP contribution in [0.4, 0.5) is 17.6 Å². The van der Waals surface area contributed by atoms with Crippen LogP contribution in [0.2, 0.25) is 0 Å². The molecule has 0 N–H and O–H groups in total. The number of rotatable bonds is 17. The van der Waals surface area contributed by atoms with Gasteiger partial charge in [0.15, 0.2) is 0 Å². The summed E-state index contributed by atoms with van der Waals surface area (Å²) in [6.07, 6.45) is 25.2. The summed E-state index contributed by atoms with van der Waals surface area (Å²) in [7, 11) is 0. The molecular formula is C39H58F4O2. The second kappa shape index (κ2) is 21.5. The van der Waals surface area contributed by atoms with Crippen LogP contribution < -0.4 is 9.47 Å². The number of alkyl halides is 4. The molecule has 0 radical (unpaired) electrons. The van der Waals surface area contributed by atoms with Crippen LogP contribution in [0.5, 0.6) is 11.5 Å². The van der Waals surface area contributed by atoms with Gasteiger partial charge in [0.05, 0.1) is 0 Å². The number of hydrogen-bond donors (Lipinski definition) is 0. The SMILES string of the molecule is CCCCC1CCC(CCc2ccc(OC(F)F)cc2)CC1.CCCCCC1CCC(CCc2ccc(OC(F)F)cc2)CC1. The maximum Gasteiger partial charge on any atom is 0.387 e. The van der Waals surface area contributed by atoms with E-state index in [0.29, 0.717) is 0 Å². The first-order chi connectivity index (χ1) is 21.8. The molecule has 0 heterocycles. The zero-order valence-electron chi connectivity index (χ0n) is 27.8. The Labute approximate surface area is 270 Å². The van der Waals surface area contributed by atoms with Gasteiger partial charge in [-0.25, -0.2) is 0 Å². The van der Waals surface area contributed by atoms with Crippen LogP contribution >= 0.6 is 0 Å². The summed E-state index contributed by atoms with van der Waals surface area (Å²) >= 11 is 0. The van der Waals surface area contributed by atoms with E-state index in [1.54, 1.807) is 24.3 Å². The first-order valence-electron chi connectivity index (χ1n) is 17.9. The largest absolute Gasteiger partial charge is 0.435 e. The highest BCUT2D eigenvalue weighted by atomic mass is 19.3. The number of aryl methyl sites for hydroxylation is 2. The fraction of sp³-hybridized carbons (Fsp3) is 0.692. The van der Waals surface area contributed by atoms with Gasteiger partial charge in [0, 0.05) is 0 Å². The summed E-state index contributed by atoms with van der Waals surface area (Å²) in [6, 6.07) is 14.2. The smallest absolute Gasteiger partial charge is 0.387 e. The normalized spacial score (nSPS) is 21.8. The molecule has 2 nitrogen and oxygen atoms in total. The minimum absolute atomic E-state index is 0.246. The van der Waals surface area contributed by atoms with Gasteiger partial charge in [0.2, 0.25) is 0 Å². The average molecular weight is 635 g/mol. The number of benzene rings is 2. The summed E-state index contributed by atoms with van der Waals surface area (Å²) in [6.45, 7) is -0.950. The Morgan fingerprint density at radius 2 is 0.822 bits per heavy atom. The highest BCUT2D eigenvalue weighted by molar-refractivity contribution is 5.28. The molecule has 2 fully saturated rings. The van der Waals surface area contributed by atoms with Crippen LogP contribution in [0, 0.1) is 23.7 Å². The molecule has 0 unspecified atom stereocenters. The molecule has 0 saturated heterocycles. The van der Waals surface area contributed by atoms with Gasteiger partial charge < -0.3 is 9.47 Å².